The molecule has 0 bridgehead atoms. The molecule has 0 aromatic carbocycles. The summed E-state index contributed by atoms with van der Waals surface area (Å²) in [5, 5.41) is 3.51. The lowest BCUT2D eigenvalue weighted by atomic mass is 10.2. The summed E-state index contributed by atoms with van der Waals surface area (Å²) in [4.78, 5) is 29.8. The number of nitrogens with one attached hydrogen (secondary N) is 1. The van der Waals surface area contributed by atoms with E-state index in [0.717, 1.165) is 0 Å². The average molecular weight is 512 g/mol. The smallest absolute Gasteiger partial charge is 0.330 e. The van der Waals surface area contributed by atoms with Gasteiger partial charge in [0.15, 0.2) is 16.6 Å². The lowest BCUT2D eigenvalue weighted by Crippen LogP contribution is -2.48. The molecule has 0 saturated carbocycles. The van der Waals surface area contributed by atoms with Gasteiger partial charge in [0.05, 0.1) is 19.3 Å². The van der Waals surface area contributed by atoms with Gasteiger partial charge in [0.2, 0.25) is 0 Å². The van der Waals surface area contributed by atoms with Crippen LogP contribution in [0.1, 0.15) is 59.8 Å². The van der Waals surface area contributed by atoms with Crippen molar-refractivity contribution in [2.24, 2.45) is 5.11 Å². The Balaban J connectivity index is 2.38. The normalized spacial score (nSPS) is 22.0. The highest BCUT2D eigenvalue weighted by Gasteiger charge is 2.46. The summed E-state index contributed by atoms with van der Waals surface area (Å²) in [7, 11) is -4.16. The van der Waals surface area contributed by atoms with Gasteiger partial charge in [-0.15, -0.1) is 0 Å². The maximum absolute atomic E-state index is 12.6. The van der Waals surface area contributed by atoms with Crippen molar-refractivity contribution >= 4 is 16.6 Å². The largest absolute Gasteiger partial charge is 0.414 e. The van der Waals surface area contributed by atoms with Gasteiger partial charge >= 0.3 is 5.69 Å². The first-order valence-corrected chi connectivity index (χ1v) is 17.5. The third kappa shape index (κ3) is 6.49. The van der Waals surface area contributed by atoms with Gasteiger partial charge in [-0.3, -0.25) is 14.3 Å². The molecule has 0 amide bonds. The molecule has 192 valence electrons. The molecule has 2 heterocycles. The SMILES string of the molecule is CC(C)(C)[Si](C)(C)OC[C@H]1O[C@@H](n2cc(CN=[N+]=[N-])c(=O)[nH]c2=O)CC1O[Si](C)(C)C(C)(C)C. The summed E-state index contributed by atoms with van der Waals surface area (Å²) < 4.78 is 20.9. The van der Waals surface area contributed by atoms with Gasteiger partial charge in [0.1, 0.15) is 12.3 Å². The van der Waals surface area contributed by atoms with Crippen molar-refractivity contribution in [2.45, 2.75) is 109 Å². The van der Waals surface area contributed by atoms with Gasteiger partial charge in [-0.1, -0.05) is 46.7 Å². The Morgan fingerprint density at radius 1 is 1.15 bits per heavy atom. The number of aromatic amines is 1. The minimum absolute atomic E-state index is 0.00716. The molecular formula is C22H41N5O5Si2. The Morgan fingerprint density at radius 3 is 2.26 bits per heavy atom. The highest BCUT2D eigenvalue weighted by molar-refractivity contribution is 6.74. The van der Waals surface area contributed by atoms with E-state index in [9.17, 15) is 9.59 Å². The van der Waals surface area contributed by atoms with Crippen molar-refractivity contribution in [2.75, 3.05) is 6.61 Å². The van der Waals surface area contributed by atoms with E-state index in [1.807, 2.05) is 0 Å². The second-order valence-corrected chi connectivity index (χ2v) is 21.6. The Bertz CT molecular complexity index is 1030. The zero-order valence-corrected chi connectivity index (χ0v) is 24.3. The molecule has 1 fully saturated rings. The zero-order chi connectivity index (χ0) is 26.1. The molecule has 0 aliphatic carbocycles. The quantitative estimate of drug-likeness (QED) is 0.226. The monoisotopic (exact) mass is 511 g/mol. The average Bonchev–Trinajstić information content (AvgIpc) is 3.05. The second kappa shape index (κ2) is 10.1. The zero-order valence-electron chi connectivity index (χ0n) is 22.3. The minimum atomic E-state index is -2.13. The van der Waals surface area contributed by atoms with Gasteiger partial charge in [0, 0.05) is 23.1 Å². The van der Waals surface area contributed by atoms with Gasteiger partial charge in [-0.05, 0) is 41.8 Å². The molecule has 1 aromatic heterocycles. The molecular weight excluding hydrogens is 470 g/mol. The van der Waals surface area contributed by atoms with E-state index in [-0.39, 0.29) is 34.4 Å². The lowest BCUT2D eigenvalue weighted by Gasteiger charge is -2.40. The van der Waals surface area contributed by atoms with Crippen molar-refractivity contribution in [1.29, 1.82) is 0 Å². The molecule has 1 saturated heterocycles. The summed E-state index contributed by atoms with van der Waals surface area (Å²) in [6.07, 6.45) is 0.631. The Labute approximate surface area is 203 Å². The predicted octanol–water partition coefficient (Wildman–Crippen LogP) is 5.05. The van der Waals surface area contributed by atoms with Crippen molar-refractivity contribution in [1.82, 2.24) is 9.55 Å². The number of rotatable bonds is 8. The Hall–Kier alpha value is -1.70. The topological polar surface area (TPSA) is 131 Å². The van der Waals surface area contributed by atoms with Crippen molar-refractivity contribution in [3.63, 3.8) is 0 Å². The number of hydrogen-bond acceptors (Lipinski definition) is 6. The van der Waals surface area contributed by atoms with Gasteiger partial charge in [0.25, 0.3) is 5.56 Å². The lowest BCUT2D eigenvalue weighted by molar-refractivity contribution is -0.0413. The highest BCUT2D eigenvalue weighted by Crippen LogP contribution is 2.42. The fraction of sp³-hybridized carbons (Fsp3) is 0.818. The maximum atomic E-state index is 12.6. The number of ether oxygens (including phenoxy) is 1. The van der Waals surface area contributed by atoms with Crippen LogP contribution in [0.15, 0.2) is 20.9 Å². The highest BCUT2D eigenvalue weighted by atomic mass is 28.4. The van der Waals surface area contributed by atoms with E-state index in [4.69, 9.17) is 19.1 Å². The number of azide groups is 1. The number of aromatic nitrogens is 2. The van der Waals surface area contributed by atoms with E-state index in [2.05, 4.69) is 82.7 Å². The van der Waals surface area contributed by atoms with Crippen molar-refractivity contribution in [3.05, 3.63) is 43.0 Å². The third-order valence-electron chi connectivity index (χ3n) is 7.50. The molecule has 3 atom stereocenters. The summed E-state index contributed by atoms with van der Waals surface area (Å²) in [6.45, 7) is 22.1. The fourth-order valence-corrected chi connectivity index (χ4v) is 5.54. The molecule has 10 nitrogen and oxygen atoms in total. The Morgan fingerprint density at radius 2 is 1.74 bits per heavy atom. The first-order valence-electron chi connectivity index (χ1n) is 11.7. The molecule has 1 aliphatic rings. The van der Waals surface area contributed by atoms with Gasteiger partial charge in [-0.2, -0.15) is 0 Å². The van der Waals surface area contributed by atoms with Crippen LogP contribution in [0.5, 0.6) is 0 Å². The van der Waals surface area contributed by atoms with E-state index in [0.29, 0.717) is 13.0 Å². The molecule has 12 heteroatoms. The first kappa shape index (κ1) is 28.5. The van der Waals surface area contributed by atoms with Gasteiger partial charge in [-0.25, -0.2) is 4.79 Å². The third-order valence-corrected chi connectivity index (χ3v) is 16.5. The van der Waals surface area contributed by atoms with Crippen LogP contribution in [0.4, 0.5) is 0 Å². The summed E-state index contributed by atoms with van der Waals surface area (Å²) in [5.74, 6) is 0. The second-order valence-electron chi connectivity index (χ2n) is 12.1. The van der Waals surface area contributed by atoms with E-state index >= 15 is 0 Å². The van der Waals surface area contributed by atoms with Crippen LogP contribution in [-0.4, -0.2) is 45.0 Å². The first-order chi connectivity index (χ1) is 15.4. The number of nitrogens with zero attached hydrogens (tertiary/aromatic N) is 4. The van der Waals surface area contributed by atoms with E-state index in [1.54, 1.807) is 0 Å². The fourth-order valence-electron chi connectivity index (χ4n) is 3.17. The molecule has 2 rings (SSSR count). The van der Waals surface area contributed by atoms with Crippen LogP contribution in [0, 0.1) is 0 Å². The van der Waals surface area contributed by atoms with Gasteiger partial charge < -0.3 is 13.6 Å². The molecule has 1 N–H and O–H groups in total. The Kier molecular flexibility index (Phi) is 8.49. The maximum Gasteiger partial charge on any atom is 0.330 e. The molecule has 1 aliphatic heterocycles. The van der Waals surface area contributed by atoms with Crippen LogP contribution >= 0.6 is 0 Å². The van der Waals surface area contributed by atoms with Crippen LogP contribution in [0.3, 0.4) is 0 Å². The van der Waals surface area contributed by atoms with Crippen LogP contribution in [-0.2, 0) is 20.1 Å². The summed E-state index contributed by atoms with van der Waals surface area (Å²) >= 11 is 0. The van der Waals surface area contributed by atoms with E-state index in [1.165, 1.54) is 10.8 Å². The number of H-pyrrole nitrogens is 1. The summed E-state index contributed by atoms with van der Waals surface area (Å²) in [6, 6.07) is 0. The predicted molar refractivity (Wildman–Crippen MR) is 138 cm³/mol. The number of hydrogen-bond donors (Lipinski definition) is 1. The van der Waals surface area contributed by atoms with Crippen LogP contribution in [0.25, 0.3) is 10.4 Å². The van der Waals surface area contributed by atoms with Crippen LogP contribution < -0.4 is 11.2 Å². The minimum Gasteiger partial charge on any atom is -0.414 e. The van der Waals surface area contributed by atoms with Crippen LogP contribution in [0.2, 0.25) is 36.3 Å². The molecule has 0 radical (unpaired) electrons. The molecule has 1 aromatic rings. The summed E-state index contributed by atoms with van der Waals surface area (Å²) in [5.41, 5.74) is 7.66. The molecule has 1 unspecified atom stereocenters. The molecule has 34 heavy (non-hydrogen) atoms. The standard InChI is InChI=1S/C22H41N5O5Si2/c1-21(2,3)33(7,8)30-14-17-16(32-34(9,10)22(4,5)6)11-18(31-17)27-13-15(12-24-26-23)19(28)25-20(27)29/h13,16-18H,11-12,14H2,1-10H3,(H,25,28,29)/t16?,17-,18-/m1/s1. The molecule has 0 spiro atoms. The van der Waals surface area contributed by atoms with Crippen molar-refractivity contribution in [3.8, 4) is 0 Å². The van der Waals surface area contributed by atoms with Crippen molar-refractivity contribution < 1.29 is 13.6 Å². The van der Waals surface area contributed by atoms with E-state index < -0.39 is 34.1 Å².